The standard InChI is InChI=1S/C14H18ClN3O2S/c1-17(8-9-18-6-2-3-7-18)21(19,20)14-10-12(11-16)4-5-13(14)15/h4-5,10H,2-3,6-9H2,1H3. The molecule has 0 aromatic heterocycles. The van der Waals surface area contributed by atoms with Gasteiger partial charge in [-0.05, 0) is 44.1 Å². The van der Waals surface area contributed by atoms with Crippen molar-refractivity contribution < 1.29 is 8.42 Å². The molecular weight excluding hydrogens is 310 g/mol. The first-order chi connectivity index (χ1) is 9.95. The molecule has 1 aromatic rings. The van der Waals surface area contributed by atoms with Crippen LogP contribution in [0.3, 0.4) is 0 Å². The van der Waals surface area contributed by atoms with Crippen LogP contribution in [0, 0.1) is 11.3 Å². The normalized spacial score (nSPS) is 16.3. The Morgan fingerprint density at radius 3 is 2.67 bits per heavy atom. The maximum absolute atomic E-state index is 12.5. The van der Waals surface area contributed by atoms with Crippen LogP contribution in [0.5, 0.6) is 0 Å². The molecule has 0 spiro atoms. The highest BCUT2D eigenvalue weighted by molar-refractivity contribution is 7.89. The van der Waals surface area contributed by atoms with Gasteiger partial charge in [0.05, 0.1) is 16.7 Å². The third kappa shape index (κ3) is 3.74. The molecule has 2 rings (SSSR count). The summed E-state index contributed by atoms with van der Waals surface area (Å²) in [7, 11) is -2.13. The highest BCUT2D eigenvalue weighted by atomic mass is 35.5. The van der Waals surface area contributed by atoms with Crippen LogP contribution in [-0.2, 0) is 10.0 Å². The van der Waals surface area contributed by atoms with Crippen molar-refractivity contribution in [3.8, 4) is 6.07 Å². The Labute approximate surface area is 130 Å². The summed E-state index contributed by atoms with van der Waals surface area (Å²) in [5.41, 5.74) is 0.283. The zero-order valence-corrected chi connectivity index (χ0v) is 13.5. The van der Waals surface area contributed by atoms with Crippen molar-refractivity contribution in [2.45, 2.75) is 17.7 Å². The third-order valence-corrected chi connectivity index (χ3v) is 6.02. The first-order valence-corrected chi connectivity index (χ1v) is 8.65. The van der Waals surface area contributed by atoms with E-state index in [1.165, 1.54) is 35.3 Å². The zero-order valence-electron chi connectivity index (χ0n) is 11.9. The molecule has 0 aliphatic carbocycles. The number of hydrogen-bond acceptors (Lipinski definition) is 4. The predicted molar refractivity (Wildman–Crippen MR) is 81.7 cm³/mol. The van der Waals surface area contributed by atoms with E-state index in [0.717, 1.165) is 13.1 Å². The fourth-order valence-electron chi connectivity index (χ4n) is 2.35. The monoisotopic (exact) mass is 327 g/mol. The van der Waals surface area contributed by atoms with Gasteiger partial charge in [-0.15, -0.1) is 0 Å². The van der Waals surface area contributed by atoms with E-state index < -0.39 is 10.0 Å². The molecule has 1 heterocycles. The molecule has 1 aliphatic rings. The van der Waals surface area contributed by atoms with E-state index in [-0.39, 0.29) is 15.5 Å². The molecule has 21 heavy (non-hydrogen) atoms. The van der Waals surface area contributed by atoms with Crippen molar-refractivity contribution in [3.63, 3.8) is 0 Å². The molecule has 1 aliphatic heterocycles. The van der Waals surface area contributed by atoms with Gasteiger partial charge in [-0.2, -0.15) is 9.57 Å². The molecule has 5 nitrogen and oxygen atoms in total. The summed E-state index contributed by atoms with van der Waals surface area (Å²) < 4.78 is 26.4. The molecule has 114 valence electrons. The van der Waals surface area contributed by atoms with E-state index in [2.05, 4.69) is 4.90 Å². The number of halogens is 1. The molecule has 1 aromatic carbocycles. The lowest BCUT2D eigenvalue weighted by atomic mass is 10.2. The van der Waals surface area contributed by atoms with Gasteiger partial charge in [0, 0.05) is 20.1 Å². The molecule has 0 bridgehead atoms. The van der Waals surface area contributed by atoms with Crippen molar-refractivity contribution in [1.82, 2.24) is 9.21 Å². The van der Waals surface area contributed by atoms with Crippen LogP contribution in [-0.4, -0.2) is 50.8 Å². The summed E-state index contributed by atoms with van der Waals surface area (Å²) in [6, 6.07) is 6.21. The van der Waals surface area contributed by atoms with Gasteiger partial charge in [-0.25, -0.2) is 8.42 Å². The Hall–Kier alpha value is -1.13. The molecular formula is C14H18ClN3O2S. The molecule has 0 unspecified atom stereocenters. The van der Waals surface area contributed by atoms with Crippen LogP contribution in [0.25, 0.3) is 0 Å². The van der Waals surface area contributed by atoms with E-state index in [1.807, 2.05) is 6.07 Å². The van der Waals surface area contributed by atoms with Crippen LogP contribution >= 0.6 is 11.6 Å². The van der Waals surface area contributed by atoms with Gasteiger partial charge in [-0.3, -0.25) is 0 Å². The molecule has 1 saturated heterocycles. The third-order valence-electron chi connectivity index (χ3n) is 3.68. The fourth-order valence-corrected chi connectivity index (χ4v) is 4.01. The van der Waals surface area contributed by atoms with Gasteiger partial charge in [0.15, 0.2) is 0 Å². The summed E-state index contributed by atoms with van der Waals surface area (Å²) in [6.07, 6.45) is 2.35. The summed E-state index contributed by atoms with van der Waals surface area (Å²) in [4.78, 5) is 2.24. The van der Waals surface area contributed by atoms with Crippen LogP contribution in [0.4, 0.5) is 0 Å². The average molecular weight is 328 g/mol. The molecule has 7 heteroatoms. The van der Waals surface area contributed by atoms with Crippen LogP contribution < -0.4 is 0 Å². The molecule has 0 radical (unpaired) electrons. The topological polar surface area (TPSA) is 64.4 Å². The van der Waals surface area contributed by atoms with Crippen LogP contribution in [0.15, 0.2) is 23.1 Å². The van der Waals surface area contributed by atoms with E-state index in [1.54, 1.807) is 7.05 Å². The number of likely N-dealkylation sites (tertiary alicyclic amines) is 1. The second-order valence-electron chi connectivity index (χ2n) is 5.13. The van der Waals surface area contributed by atoms with Gasteiger partial charge in [0.2, 0.25) is 10.0 Å². The maximum atomic E-state index is 12.5. The van der Waals surface area contributed by atoms with Gasteiger partial charge >= 0.3 is 0 Å². The fraction of sp³-hybridized carbons (Fsp3) is 0.500. The minimum atomic E-state index is -3.67. The van der Waals surface area contributed by atoms with Crippen molar-refractivity contribution >= 4 is 21.6 Å². The molecule has 1 fully saturated rings. The number of nitrogens with zero attached hydrogens (tertiary/aromatic N) is 3. The molecule has 0 saturated carbocycles. The average Bonchev–Trinajstić information content (AvgIpc) is 2.98. The summed E-state index contributed by atoms with van der Waals surface area (Å²) in [5.74, 6) is 0. The first-order valence-electron chi connectivity index (χ1n) is 6.83. The number of rotatable bonds is 5. The van der Waals surface area contributed by atoms with Crippen molar-refractivity contribution in [1.29, 1.82) is 5.26 Å². The number of likely N-dealkylation sites (N-methyl/N-ethyl adjacent to an activating group) is 1. The van der Waals surface area contributed by atoms with E-state index >= 15 is 0 Å². The lowest BCUT2D eigenvalue weighted by Crippen LogP contribution is -2.35. The molecule has 0 N–H and O–H groups in total. The number of nitriles is 1. The summed E-state index contributed by atoms with van der Waals surface area (Å²) >= 11 is 5.98. The minimum absolute atomic E-state index is 0.00728. The van der Waals surface area contributed by atoms with Crippen molar-refractivity contribution in [3.05, 3.63) is 28.8 Å². The number of sulfonamides is 1. The lowest BCUT2D eigenvalue weighted by molar-refractivity contribution is 0.310. The summed E-state index contributed by atoms with van der Waals surface area (Å²) in [5, 5.41) is 9.04. The Balaban J connectivity index is 2.14. The Morgan fingerprint density at radius 1 is 1.38 bits per heavy atom. The second-order valence-corrected chi connectivity index (χ2v) is 7.55. The summed E-state index contributed by atoms with van der Waals surface area (Å²) in [6.45, 7) is 3.18. The van der Waals surface area contributed by atoms with Crippen molar-refractivity contribution in [2.75, 3.05) is 33.2 Å². The Morgan fingerprint density at radius 2 is 2.05 bits per heavy atom. The van der Waals surface area contributed by atoms with E-state index in [0.29, 0.717) is 13.1 Å². The molecule has 0 atom stereocenters. The molecule has 0 amide bonds. The van der Waals surface area contributed by atoms with Gasteiger partial charge in [0.1, 0.15) is 4.90 Å². The first kappa shape index (κ1) is 16.2. The SMILES string of the molecule is CN(CCN1CCCC1)S(=O)(=O)c1cc(C#N)ccc1Cl. The maximum Gasteiger partial charge on any atom is 0.244 e. The predicted octanol–water partition coefficient (Wildman–Crippen LogP) is 1.93. The minimum Gasteiger partial charge on any atom is -0.302 e. The number of hydrogen-bond donors (Lipinski definition) is 0. The van der Waals surface area contributed by atoms with Crippen LogP contribution in [0.1, 0.15) is 18.4 Å². The Kier molecular flexibility index (Phi) is 5.22. The smallest absolute Gasteiger partial charge is 0.244 e. The highest BCUT2D eigenvalue weighted by Crippen LogP contribution is 2.25. The van der Waals surface area contributed by atoms with Crippen molar-refractivity contribution in [2.24, 2.45) is 0 Å². The largest absolute Gasteiger partial charge is 0.302 e. The quantitative estimate of drug-likeness (QED) is 0.829. The zero-order chi connectivity index (χ0) is 15.5. The van der Waals surface area contributed by atoms with E-state index in [9.17, 15) is 8.42 Å². The lowest BCUT2D eigenvalue weighted by Gasteiger charge is -2.21. The Bertz CT molecular complexity index is 649. The van der Waals surface area contributed by atoms with Gasteiger partial charge < -0.3 is 4.90 Å². The van der Waals surface area contributed by atoms with Gasteiger partial charge in [0.25, 0.3) is 0 Å². The van der Waals surface area contributed by atoms with Gasteiger partial charge in [-0.1, -0.05) is 11.6 Å². The number of benzene rings is 1. The highest BCUT2D eigenvalue weighted by Gasteiger charge is 2.24. The second kappa shape index (κ2) is 6.75. The van der Waals surface area contributed by atoms with Crippen LogP contribution in [0.2, 0.25) is 5.02 Å². The van der Waals surface area contributed by atoms with E-state index in [4.69, 9.17) is 16.9 Å².